The van der Waals surface area contributed by atoms with Gasteiger partial charge in [-0.3, -0.25) is 10.1 Å². The van der Waals surface area contributed by atoms with Crippen LogP contribution in [0.4, 0.5) is 14.9 Å². The molecular formula is C18H17FN6O2. The highest BCUT2D eigenvalue weighted by atomic mass is 19.1. The van der Waals surface area contributed by atoms with Gasteiger partial charge in [-0.25, -0.2) is 9.18 Å². The second kappa shape index (κ2) is 8.17. The number of anilines is 1. The zero-order chi connectivity index (χ0) is 19.2. The lowest BCUT2D eigenvalue weighted by Crippen LogP contribution is -2.37. The maximum atomic E-state index is 13.5. The number of aromatic nitrogens is 4. The highest BCUT2D eigenvalue weighted by Gasteiger charge is 2.13. The Morgan fingerprint density at radius 1 is 1.11 bits per heavy atom. The smallest absolute Gasteiger partial charge is 0.305 e. The molecule has 0 saturated carbocycles. The number of halogens is 1. The molecule has 0 saturated heterocycles. The van der Waals surface area contributed by atoms with Gasteiger partial charge >= 0.3 is 6.03 Å². The second-order valence-electron chi connectivity index (χ2n) is 5.68. The van der Waals surface area contributed by atoms with Crippen LogP contribution in [0.2, 0.25) is 0 Å². The lowest BCUT2D eigenvalue weighted by molar-refractivity contribution is -0.120. The number of aryl methyl sites for hydroxylation is 1. The first-order chi connectivity index (χ1) is 13.0. The van der Waals surface area contributed by atoms with Crippen LogP contribution in [0.25, 0.3) is 11.4 Å². The number of nitrogens with one attached hydrogen (secondary N) is 2. The molecule has 0 aliphatic heterocycles. The van der Waals surface area contributed by atoms with Crippen LogP contribution in [-0.2, 0) is 17.8 Å². The Morgan fingerprint density at radius 2 is 1.85 bits per heavy atom. The predicted octanol–water partition coefficient (Wildman–Crippen LogP) is 2.39. The van der Waals surface area contributed by atoms with Crippen molar-refractivity contribution in [3.8, 4) is 11.4 Å². The number of carbonyl (C=O) groups excluding carboxylic acids is 2. The minimum atomic E-state index is -0.847. The molecule has 0 atom stereocenters. The standard InChI is InChI=1S/C18H17FN6O2/c1-2-12-7-9-13(10-8-12)17-22-24-25(23-17)11-16(26)21-18(27)20-15-6-4-3-5-14(15)19/h3-10H,2,11H2,1H3,(H2,20,21,26,27). The third-order valence-electron chi connectivity index (χ3n) is 3.73. The van der Waals surface area contributed by atoms with E-state index >= 15 is 0 Å². The van der Waals surface area contributed by atoms with Crippen LogP contribution >= 0.6 is 0 Å². The molecule has 0 spiro atoms. The number of carbonyl (C=O) groups is 2. The average molecular weight is 368 g/mol. The van der Waals surface area contributed by atoms with E-state index in [1.165, 1.54) is 23.8 Å². The molecule has 2 aromatic carbocycles. The zero-order valence-electron chi connectivity index (χ0n) is 14.5. The lowest BCUT2D eigenvalue weighted by Gasteiger charge is -2.06. The molecule has 0 aliphatic rings. The molecule has 3 aromatic rings. The van der Waals surface area contributed by atoms with Gasteiger partial charge in [0.2, 0.25) is 5.82 Å². The van der Waals surface area contributed by atoms with Crippen molar-refractivity contribution in [2.75, 3.05) is 5.32 Å². The summed E-state index contributed by atoms with van der Waals surface area (Å²) < 4.78 is 13.5. The van der Waals surface area contributed by atoms with Crippen LogP contribution in [0.5, 0.6) is 0 Å². The molecule has 0 aliphatic carbocycles. The number of rotatable bonds is 5. The summed E-state index contributed by atoms with van der Waals surface area (Å²) in [5.41, 5.74) is 1.93. The van der Waals surface area contributed by atoms with Crippen molar-refractivity contribution >= 4 is 17.6 Å². The number of amides is 3. The summed E-state index contributed by atoms with van der Waals surface area (Å²) in [6, 6.07) is 12.5. The first kappa shape index (κ1) is 18.2. The van der Waals surface area contributed by atoms with Crippen molar-refractivity contribution in [3.63, 3.8) is 0 Å². The maximum absolute atomic E-state index is 13.5. The van der Waals surface area contributed by atoms with E-state index in [9.17, 15) is 14.0 Å². The highest BCUT2D eigenvalue weighted by molar-refractivity contribution is 6.01. The topological polar surface area (TPSA) is 102 Å². The van der Waals surface area contributed by atoms with E-state index in [0.29, 0.717) is 5.82 Å². The van der Waals surface area contributed by atoms with Gasteiger partial charge in [-0.2, -0.15) is 4.80 Å². The summed E-state index contributed by atoms with van der Waals surface area (Å²) in [6.07, 6.45) is 0.926. The molecule has 1 heterocycles. The van der Waals surface area contributed by atoms with E-state index < -0.39 is 17.8 Å². The monoisotopic (exact) mass is 368 g/mol. The van der Waals surface area contributed by atoms with Crippen molar-refractivity contribution in [2.24, 2.45) is 0 Å². The molecule has 0 radical (unpaired) electrons. The highest BCUT2D eigenvalue weighted by Crippen LogP contribution is 2.15. The quantitative estimate of drug-likeness (QED) is 0.720. The molecule has 3 rings (SSSR count). The van der Waals surface area contributed by atoms with Gasteiger partial charge in [-0.15, -0.1) is 10.2 Å². The van der Waals surface area contributed by atoms with Crippen molar-refractivity contribution in [1.29, 1.82) is 0 Å². The Kier molecular flexibility index (Phi) is 5.50. The molecule has 2 N–H and O–H groups in total. The Hall–Kier alpha value is -3.62. The molecule has 9 heteroatoms. The number of hydrogen-bond acceptors (Lipinski definition) is 5. The molecule has 0 fully saturated rings. The number of benzene rings is 2. The summed E-state index contributed by atoms with van der Waals surface area (Å²) >= 11 is 0. The number of urea groups is 1. The van der Waals surface area contributed by atoms with Crippen LogP contribution in [0.1, 0.15) is 12.5 Å². The normalized spacial score (nSPS) is 10.4. The number of nitrogens with zero attached hydrogens (tertiary/aromatic N) is 4. The third-order valence-corrected chi connectivity index (χ3v) is 3.73. The molecule has 3 amide bonds. The van der Waals surface area contributed by atoms with Gasteiger partial charge in [0.25, 0.3) is 5.91 Å². The fraction of sp³-hybridized carbons (Fsp3) is 0.167. The summed E-state index contributed by atoms with van der Waals surface area (Å²) in [4.78, 5) is 24.8. The number of imide groups is 1. The van der Waals surface area contributed by atoms with Gasteiger partial charge in [0, 0.05) is 5.56 Å². The van der Waals surface area contributed by atoms with E-state index in [4.69, 9.17) is 0 Å². The Bertz CT molecular complexity index is 954. The van der Waals surface area contributed by atoms with E-state index in [2.05, 4.69) is 33.0 Å². The molecule has 0 unspecified atom stereocenters. The first-order valence-electron chi connectivity index (χ1n) is 8.27. The van der Waals surface area contributed by atoms with Crippen molar-refractivity contribution in [1.82, 2.24) is 25.5 Å². The van der Waals surface area contributed by atoms with Gasteiger partial charge in [0.1, 0.15) is 12.4 Å². The number of tetrazole rings is 1. The van der Waals surface area contributed by atoms with Crippen LogP contribution in [0.3, 0.4) is 0 Å². The summed E-state index contributed by atoms with van der Waals surface area (Å²) in [7, 11) is 0. The van der Waals surface area contributed by atoms with Crippen molar-refractivity contribution in [2.45, 2.75) is 19.9 Å². The Balaban J connectivity index is 1.57. The minimum absolute atomic E-state index is 0.0282. The number of hydrogen-bond donors (Lipinski definition) is 2. The van der Waals surface area contributed by atoms with E-state index in [1.54, 1.807) is 6.07 Å². The molecule has 27 heavy (non-hydrogen) atoms. The predicted molar refractivity (Wildman–Crippen MR) is 96.2 cm³/mol. The Labute approximate surface area is 154 Å². The summed E-state index contributed by atoms with van der Waals surface area (Å²) in [6.45, 7) is 1.76. The molecular weight excluding hydrogens is 351 g/mol. The van der Waals surface area contributed by atoms with Gasteiger partial charge in [-0.1, -0.05) is 43.3 Å². The van der Waals surface area contributed by atoms with Crippen LogP contribution in [0.15, 0.2) is 48.5 Å². The maximum Gasteiger partial charge on any atom is 0.326 e. The Morgan fingerprint density at radius 3 is 2.56 bits per heavy atom. The van der Waals surface area contributed by atoms with E-state index in [0.717, 1.165) is 16.8 Å². The summed E-state index contributed by atoms with van der Waals surface area (Å²) in [5, 5.41) is 16.2. The van der Waals surface area contributed by atoms with Crippen molar-refractivity contribution < 1.29 is 14.0 Å². The van der Waals surface area contributed by atoms with E-state index in [1.807, 2.05) is 24.3 Å². The average Bonchev–Trinajstić information content (AvgIpc) is 3.12. The molecule has 138 valence electrons. The molecule has 8 nitrogen and oxygen atoms in total. The lowest BCUT2D eigenvalue weighted by atomic mass is 10.1. The van der Waals surface area contributed by atoms with Gasteiger partial charge in [0.15, 0.2) is 0 Å². The SMILES string of the molecule is CCc1ccc(-c2nnn(CC(=O)NC(=O)Nc3ccccc3F)n2)cc1. The first-order valence-corrected chi connectivity index (χ1v) is 8.27. The minimum Gasteiger partial charge on any atom is -0.305 e. The fourth-order valence-corrected chi connectivity index (χ4v) is 2.33. The van der Waals surface area contributed by atoms with Crippen LogP contribution in [0, 0.1) is 5.82 Å². The summed E-state index contributed by atoms with van der Waals surface area (Å²) in [5.74, 6) is -0.882. The zero-order valence-corrected chi connectivity index (χ0v) is 14.5. The van der Waals surface area contributed by atoms with Crippen molar-refractivity contribution in [3.05, 3.63) is 59.9 Å². The van der Waals surface area contributed by atoms with E-state index in [-0.39, 0.29) is 12.2 Å². The van der Waals surface area contributed by atoms with Gasteiger partial charge in [-0.05, 0) is 29.3 Å². The third kappa shape index (κ3) is 4.72. The number of para-hydroxylation sites is 1. The molecule has 1 aromatic heterocycles. The van der Waals surface area contributed by atoms with Gasteiger partial charge < -0.3 is 5.32 Å². The molecule has 0 bridgehead atoms. The second-order valence-corrected chi connectivity index (χ2v) is 5.68. The fourth-order valence-electron chi connectivity index (χ4n) is 2.33. The van der Waals surface area contributed by atoms with Crippen LogP contribution in [-0.4, -0.2) is 32.1 Å². The largest absolute Gasteiger partial charge is 0.326 e. The van der Waals surface area contributed by atoms with Crippen LogP contribution < -0.4 is 10.6 Å². The van der Waals surface area contributed by atoms with Gasteiger partial charge in [0.05, 0.1) is 5.69 Å².